The highest BCUT2D eigenvalue weighted by Crippen LogP contribution is 2.29. The van der Waals surface area contributed by atoms with E-state index >= 15 is 0 Å². The van der Waals surface area contributed by atoms with Gasteiger partial charge in [-0.3, -0.25) is 11.3 Å². The third-order valence-corrected chi connectivity index (χ3v) is 4.31. The first kappa shape index (κ1) is 15.3. The van der Waals surface area contributed by atoms with E-state index in [0.717, 1.165) is 17.5 Å². The highest BCUT2D eigenvalue weighted by Gasteiger charge is 2.13. The number of hydrogen-bond donors (Lipinski definition) is 2. The molecule has 20 heavy (non-hydrogen) atoms. The molecule has 0 aliphatic carbocycles. The van der Waals surface area contributed by atoms with E-state index < -0.39 is 0 Å². The summed E-state index contributed by atoms with van der Waals surface area (Å²) in [5, 5.41) is 1.17. The van der Waals surface area contributed by atoms with Crippen LogP contribution < -0.4 is 11.3 Å². The molecule has 0 aliphatic rings. The number of rotatable bonds is 5. The number of nitrogens with one attached hydrogen (secondary N) is 1. The minimum Gasteiger partial charge on any atom is -0.271 e. The Morgan fingerprint density at radius 1 is 1.10 bits per heavy atom. The van der Waals surface area contributed by atoms with E-state index in [2.05, 4.69) is 36.6 Å². The van der Waals surface area contributed by atoms with Gasteiger partial charge in [-0.1, -0.05) is 66.5 Å². The molecule has 0 bridgehead atoms. The van der Waals surface area contributed by atoms with Crippen LogP contribution in [0.4, 0.5) is 0 Å². The van der Waals surface area contributed by atoms with E-state index in [1.165, 1.54) is 5.56 Å². The lowest BCUT2D eigenvalue weighted by molar-refractivity contribution is 0.552. The molecule has 0 heterocycles. The molecule has 2 rings (SSSR count). The van der Waals surface area contributed by atoms with Crippen LogP contribution in [0.2, 0.25) is 10.0 Å². The highest BCUT2D eigenvalue weighted by molar-refractivity contribution is 6.42. The first-order valence-electron chi connectivity index (χ1n) is 6.63. The van der Waals surface area contributed by atoms with Crippen LogP contribution in [0.1, 0.15) is 29.7 Å². The Bertz CT molecular complexity index is 567. The van der Waals surface area contributed by atoms with Crippen molar-refractivity contribution in [2.24, 2.45) is 5.84 Å². The Balaban J connectivity index is 2.21. The molecule has 0 aliphatic heterocycles. The number of hydrazine groups is 1. The minimum atomic E-state index is 0.0110. The smallest absolute Gasteiger partial charge is 0.0624 e. The van der Waals surface area contributed by atoms with Crippen molar-refractivity contribution in [2.75, 3.05) is 0 Å². The second-order valence-corrected chi connectivity index (χ2v) is 5.52. The highest BCUT2D eigenvalue weighted by atomic mass is 35.5. The van der Waals surface area contributed by atoms with Crippen LogP contribution in [0.15, 0.2) is 42.5 Å². The molecule has 0 saturated carbocycles. The van der Waals surface area contributed by atoms with Gasteiger partial charge in [-0.05, 0) is 35.6 Å². The summed E-state index contributed by atoms with van der Waals surface area (Å²) in [6, 6.07) is 14.1. The van der Waals surface area contributed by atoms with Crippen LogP contribution in [-0.4, -0.2) is 0 Å². The van der Waals surface area contributed by atoms with Crippen molar-refractivity contribution in [3.8, 4) is 0 Å². The lowest BCUT2D eigenvalue weighted by Crippen LogP contribution is -2.29. The molecule has 2 aromatic carbocycles. The summed E-state index contributed by atoms with van der Waals surface area (Å²) in [5.74, 6) is 5.69. The first-order valence-corrected chi connectivity index (χ1v) is 7.39. The summed E-state index contributed by atoms with van der Waals surface area (Å²) in [5.41, 5.74) is 6.29. The molecular weight excluding hydrogens is 291 g/mol. The van der Waals surface area contributed by atoms with E-state index in [9.17, 15) is 0 Å². The Morgan fingerprint density at radius 2 is 1.80 bits per heavy atom. The third kappa shape index (κ3) is 3.53. The Morgan fingerprint density at radius 3 is 2.40 bits per heavy atom. The maximum absolute atomic E-state index is 6.23. The van der Waals surface area contributed by atoms with Crippen LogP contribution >= 0.6 is 23.2 Å². The van der Waals surface area contributed by atoms with Gasteiger partial charge in [0.15, 0.2) is 0 Å². The zero-order chi connectivity index (χ0) is 14.5. The fourth-order valence-electron chi connectivity index (χ4n) is 2.18. The van der Waals surface area contributed by atoms with E-state index in [0.29, 0.717) is 16.5 Å². The minimum absolute atomic E-state index is 0.0110. The van der Waals surface area contributed by atoms with Crippen molar-refractivity contribution in [1.29, 1.82) is 0 Å². The molecule has 3 N–H and O–H groups in total. The molecular formula is C16H18Cl2N2. The van der Waals surface area contributed by atoms with Crippen molar-refractivity contribution >= 4 is 23.2 Å². The van der Waals surface area contributed by atoms with Gasteiger partial charge < -0.3 is 0 Å². The van der Waals surface area contributed by atoms with E-state index in [1.807, 2.05) is 12.1 Å². The number of nitrogens with two attached hydrogens (primary N) is 1. The van der Waals surface area contributed by atoms with Gasteiger partial charge in [-0.15, -0.1) is 0 Å². The predicted octanol–water partition coefficient (Wildman–Crippen LogP) is 4.30. The molecule has 0 saturated heterocycles. The summed E-state index contributed by atoms with van der Waals surface area (Å²) in [4.78, 5) is 0. The van der Waals surface area contributed by atoms with Crippen LogP contribution in [0.25, 0.3) is 0 Å². The monoisotopic (exact) mass is 308 g/mol. The van der Waals surface area contributed by atoms with E-state index in [4.69, 9.17) is 29.0 Å². The van der Waals surface area contributed by atoms with Crippen molar-refractivity contribution in [3.05, 3.63) is 69.2 Å². The molecule has 2 nitrogen and oxygen atoms in total. The Labute approximate surface area is 129 Å². The fraction of sp³-hybridized carbons (Fsp3) is 0.250. The second-order valence-electron chi connectivity index (χ2n) is 4.73. The lowest BCUT2D eigenvalue weighted by atomic mass is 9.98. The van der Waals surface area contributed by atoms with Crippen molar-refractivity contribution in [3.63, 3.8) is 0 Å². The predicted molar refractivity (Wildman–Crippen MR) is 86.1 cm³/mol. The van der Waals surface area contributed by atoms with Gasteiger partial charge in [0.25, 0.3) is 0 Å². The van der Waals surface area contributed by atoms with E-state index in [1.54, 1.807) is 6.07 Å². The van der Waals surface area contributed by atoms with Crippen LogP contribution in [0, 0.1) is 0 Å². The largest absolute Gasteiger partial charge is 0.271 e. The molecule has 1 atom stereocenters. The maximum atomic E-state index is 6.23. The van der Waals surface area contributed by atoms with Gasteiger partial charge in [0.1, 0.15) is 0 Å². The van der Waals surface area contributed by atoms with Gasteiger partial charge in [-0.25, -0.2) is 0 Å². The SMILES string of the molecule is CCc1ccc(C(Cc2cccc(Cl)c2Cl)NN)cc1. The Hall–Kier alpha value is -1.06. The standard InChI is InChI=1S/C16H18Cl2N2/c1-2-11-6-8-12(9-7-11)15(20-19)10-13-4-3-5-14(17)16(13)18/h3-9,15,20H,2,10,19H2,1H3. The van der Waals surface area contributed by atoms with Gasteiger partial charge >= 0.3 is 0 Å². The molecule has 1 unspecified atom stereocenters. The van der Waals surface area contributed by atoms with E-state index in [-0.39, 0.29) is 6.04 Å². The third-order valence-electron chi connectivity index (χ3n) is 3.45. The normalized spacial score (nSPS) is 12.4. The quantitative estimate of drug-likeness (QED) is 0.638. The Kier molecular flexibility index (Phi) is 5.44. The lowest BCUT2D eigenvalue weighted by Gasteiger charge is -2.18. The molecule has 0 aromatic heterocycles. The summed E-state index contributed by atoms with van der Waals surface area (Å²) >= 11 is 12.3. The zero-order valence-electron chi connectivity index (χ0n) is 11.4. The molecule has 0 spiro atoms. The summed E-state index contributed by atoms with van der Waals surface area (Å²) in [6.07, 6.45) is 1.72. The number of halogens is 2. The summed E-state index contributed by atoms with van der Waals surface area (Å²) < 4.78 is 0. The van der Waals surface area contributed by atoms with Gasteiger partial charge in [0, 0.05) is 0 Å². The molecule has 4 heteroatoms. The average Bonchev–Trinajstić information content (AvgIpc) is 2.49. The first-order chi connectivity index (χ1) is 9.65. The van der Waals surface area contributed by atoms with Gasteiger partial charge in [-0.2, -0.15) is 0 Å². The molecule has 0 fully saturated rings. The zero-order valence-corrected chi connectivity index (χ0v) is 12.9. The second kappa shape index (κ2) is 7.09. The molecule has 0 radical (unpaired) electrons. The number of benzene rings is 2. The maximum Gasteiger partial charge on any atom is 0.0624 e. The van der Waals surface area contributed by atoms with Crippen molar-refractivity contribution < 1.29 is 0 Å². The van der Waals surface area contributed by atoms with Crippen LogP contribution in [-0.2, 0) is 12.8 Å². The topological polar surface area (TPSA) is 38.0 Å². The molecule has 106 valence electrons. The number of hydrogen-bond acceptors (Lipinski definition) is 2. The summed E-state index contributed by atoms with van der Waals surface area (Å²) in [7, 11) is 0. The molecule has 2 aromatic rings. The fourth-order valence-corrected chi connectivity index (χ4v) is 2.58. The average molecular weight is 309 g/mol. The summed E-state index contributed by atoms with van der Waals surface area (Å²) in [6.45, 7) is 2.14. The number of aryl methyl sites for hydroxylation is 1. The van der Waals surface area contributed by atoms with Gasteiger partial charge in [0.2, 0.25) is 0 Å². The van der Waals surface area contributed by atoms with Crippen LogP contribution in [0.3, 0.4) is 0 Å². The van der Waals surface area contributed by atoms with Crippen molar-refractivity contribution in [2.45, 2.75) is 25.8 Å². The van der Waals surface area contributed by atoms with Gasteiger partial charge in [0.05, 0.1) is 16.1 Å². The van der Waals surface area contributed by atoms with Crippen LogP contribution in [0.5, 0.6) is 0 Å². The molecule has 0 amide bonds. The van der Waals surface area contributed by atoms with Crippen molar-refractivity contribution in [1.82, 2.24) is 5.43 Å².